The number of halogens is 1. The maximum atomic E-state index is 13.4. The van der Waals surface area contributed by atoms with Crippen molar-refractivity contribution >= 4 is 17.2 Å². The topological polar surface area (TPSA) is 3.24 Å². The molecule has 1 nitrogen and oxygen atoms in total. The molecule has 0 N–H and O–H groups in total. The number of fused-ring (bicyclic) bond motifs is 1. The van der Waals surface area contributed by atoms with E-state index in [9.17, 15) is 4.39 Å². The Morgan fingerprint density at radius 1 is 1.54 bits per heavy atom. The Hall–Kier alpha value is -0.830. The third-order valence-electron chi connectivity index (χ3n) is 2.27. The smallest absolute Gasteiger partial charge is 0.147 e. The maximum absolute atomic E-state index is 13.4. The van der Waals surface area contributed by atoms with Crippen molar-refractivity contribution in [3.8, 4) is 0 Å². The molecular formula is C10H12FNS. The van der Waals surface area contributed by atoms with Crippen LogP contribution < -0.4 is 0 Å². The van der Waals surface area contributed by atoms with Crippen LogP contribution in [0.3, 0.4) is 0 Å². The van der Waals surface area contributed by atoms with Crippen molar-refractivity contribution in [2.24, 2.45) is 0 Å². The lowest BCUT2D eigenvalue weighted by molar-refractivity contribution is 0.299. The fourth-order valence-electron chi connectivity index (χ4n) is 1.43. The predicted octanol–water partition coefficient (Wildman–Crippen LogP) is 3.24. The van der Waals surface area contributed by atoms with E-state index in [1.807, 2.05) is 16.3 Å². The van der Waals surface area contributed by atoms with Gasteiger partial charge in [-0.25, -0.2) is 4.39 Å². The summed E-state index contributed by atoms with van der Waals surface area (Å²) in [5.41, 5.74) is 0.780. The van der Waals surface area contributed by atoms with Gasteiger partial charge in [0.05, 0.1) is 6.54 Å². The van der Waals surface area contributed by atoms with Gasteiger partial charge in [0, 0.05) is 22.7 Å². The van der Waals surface area contributed by atoms with Crippen LogP contribution in [-0.2, 0) is 6.54 Å². The van der Waals surface area contributed by atoms with E-state index in [1.165, 1.54) is 0 Å². The summed E-state index contributed by atoms with van der Waals surface area (Å²) < 4.78 is 13.4. The first-order chi connectivity index (χ1) is 6.18. The van der Waals surface area contributed by atoms with E-state index in [-0.39, 0.29) is 5.83 Å². The lowest BCUT2D eigenvalue weighted by Crippen LogP contribution is -2.26. The summed E-state index contributed by atoms with van der Waals surface area (Å²) in [4.78, 5) is 3.16. The van der Waals surface area contributed by atoms with Crippen LogP contribution in [0.4, 0.5) is 4.39 Å². The van der Waals surface area contributed by atoms with Gasteiger partial charge in [-0.15, -0.1) is 11.3 Å². The van der Waals surface area contributed by atoms with Gasteiger partial charge in [0.15, 0.2) is 0 Å². The molecule has 0 spiro atoms. The molecule has 2 rings (SSSR count). The Morgan fingerprint density at radius 3 is 3.00 bits per heavy atom. The van der Waals surface area contributed by atoms with Crippen LogP contribution in [0.2, 0.25) is 0 Å². The first kappa shape index (κ1) is 8.75. The Morgan fingerprint density at radius 2 is 2.31 bits per heavy atom. The molecule has 0 fully saturated rings. The minimum Gasteiger partial charge on any atom is -0.367 e. The van der Waals surface area contributed by atoms with Gasteiger partial charge in [-0.3, -0.25) is 0 Å². The van der Waals surface area contributed by atoms with Crippen LogP contribution in [0, 0.1) is 0 Å². The van der Waals surface area contributed by atoms with Gasteiger partial charge in [0.2, 0.25) is 0 Å². The number of hydrogen-bond acceptors (Lipinski definition) is 2. The predicted molar refractivity (Wildman–Crippen MR) is 54.1 cm³/mol. The standard InChI is InChI=1S/C10H12FNS/c1-7(2)12-5-9(11)8-3-4-13-10(8)6-12/h3-5,7H,6H2,1-2H3. The van der Waals surface area contributed by atoms with Gasteiger partial charge >= 0.3 is 0 Å². The van der Waals surface area contributed by atoms with E-state index < -0.39 is 0 Å². The van der Waals surface area contributed by atoms with Crippen LogP contribution in [-0.4, -0.2) is 10.9 Å². The van der Waals surface area contributed by atoms with E-state index in [0.29, 0.717) is 6.04 Å². The van der Waals surface area contributed by atoms with Crippen molar-refractivity contribution in [1.29, 1.82) is 0 Å². The number of rotatable bonds is 1. The molecule has 0 amide bonds. The normalized spacial score (nSPS) is 16.0. The summed E-state index contributed by atoms with van der Waals surface area (Å²) in [5.74, 6) is -0.101. The van der Waals surface area contributed by atoms with Gasteiger partial charge in [-0.1, -0.05) is 0 Å². The minimum atomic E-state index is -0.101. The summed E-state index contributed by atoms with van der Waals surface area (Å²) in [6.45, 7) is 4.99. The Bertz CT molecular complexity index is 340. The van der Waals surface area contributed by atoms with Gasteiger partial charge in [-0.05, 0) is 25.3 Å². The average Bonchev–Trinajstić information content (AvgIpc) is 2.51. The molecule has 1 aliphatic rings. The molecule has 1 aromatic rings. The monoisotopic (exact) mass is 197 g/mol. The van der Waals surface area contributed by atoms with E-state index >= 15 is 0 Å². The van der Waals surface area contributed by atoms with Gasteiger partial charge < -0.3 is 4.90 Å². The SMILES string of the molecule is CC(C)N1C=C(F)c2ccsc2C1. The highest BCUT2D eigenvalue weighted by Crippen LogP contribution is 2.32. The van der Waals surface area contributed by atoms with Crippen LogP contribution >= 0.6 is 11.3 Å². The first-order valence-corrected chi connectivity index (χ1v) is 5.26. The lowest BCUT2D eigenvalue weighted by Gasteiger charge is -2.27. The second-order valence-electron chi connectivity index (χ2n) is 3.50. The Balaban J connectivity index is 2.35. The molecule has 0 saturated carbocycles. The minimum absolute atomic E-state index is 0.101. The second kappa shape index (κ2) is 3.14. The summed E-state index contributed by atoms with van der Waals surface area (Å²) in [6, 6.07) is 2.21. The highest BCUT2D eigenvalue weighted by atomic mass is 32.1. The molecule has 0 radical (unpaired) electrons. The number of thiophene rings is 1. The Kier molecular flexibility index (Phi) is 2.12. The first-order valence-electron chi connectivity index (χ1n) is 4.38. The van der Waals surface area contributed by atoms with E-state index in [2.05, 4.69) is 13.8 Å². The number of hydrogen-bond donors (Lipinski definition) is 0. The van der Waals surface area contributed by atoms with Crippen molar-refractivity contribution in [2.75, 3.05) is 0 Å². The van der Waals surface area contributed by atoms with E-state index in [1.54, 1.807) is 17.5 Å². The quantitative estimate of drug-likeness (QED) is 0.668. The lowest BCUT2D eigenvalue weighted by atomic mass is 10.1. The zero-order valence-corrected chi connectivity index (χ0v) is 8.57. The van der Waals surface area contributed by atoms with Gasteiger partial charge in [0.1, 0.15) is 5.83 Å². The van der Waals surface area contributed by atoms with Crippen molar-refractivity contribution < 1.29 is 4.39 Å². The third-order valence-corrected chi connectivity index (χ3v) is 3.18. The van der Waals surface area contributed by atoms with Gasteiger partial charge in [-0.2, -0.15) is 0 Å². The average molecular weight is 197 g/mol. The molecule has 0 saturated heterocycles. The third kappa shape index (κ3) is 1.48. The Labute approximate surface area is 81.5 Å². The zero-order valence-electron chi connectivity index (χ0n) is 7.75. The molecule has 13 heavy (non-hydrogen) atoms. The molecule has 0 aromatic carbocycles. The van der Waals surface area contributed by atoms with Crippen LogP contribution in [0.5, 0.6) is 0 Å². The second-order valence-corrected chi connectivity index (χ2v) is 4.50. The fraction of sp³-hybridized carbons (Fsp3) is 0.400. The zero-order chi connectivity index (χ0) is 9.42. The molecule has 1 aromatic heterocycles. The molecular weight excluding hydrogens is 185 g/mol. The van der Waals surface area contributed by atoms with E-state index in [0.717, 1.165) is 17.0 Å². The van der Waals surface area contributed by atoms with Crippen molar-refractivity contribution in [3.63, 3.8) is 0 Å². The molecule has 0 bridgehead atoms. The van der Waals surface area contributed by atoms with Crippen LogP contribution in [0.1, 0.15) is 24.3 Å². The molecule has 0 unspecified atom stereocenters. The molecule has 70 valence electrons. The maximum Gasteiger partial charge on any atom is 0.147 e. The van der Waals surface area contributed by atoms with Crippen LogP contribution in [0.25, 0.3) is 5.83 Å². The number of nitrogens with zero attached hydrogens (tertiary/aromatic N) is 1. The fourth-order valence-corrected chi connectivity index (χ4v) is 2.32. The molecule has 1 aliphatic heterocycles. The summed E-state index contributed by atoms with van der Waals surface area (Å²) in [6.07, 6.45) is 1.61. The summed E-state index contributed by atoms with van der Waals surface area (Å²) in [7, 11) is 0. The molecule has 2 heterocycles. The van der Waals surface area contributed by atoms with Crippen molar-refractivity contribution in [1.82, 2.24) is 4.90 Å². The molecule has 3 heteroatoms. The highest BCUT2D eigenvalue weighted by molar-refractivity contribution is 7.10. The van der Waals surface area contributed by atoms with Crippen molar-refractivity contribution in [3.05, 3.63) is 28.1 Å². The molecule has 0 aliphatic carbocycles. The summed E-state index contributed by atoms with van der Waals surface area (Å²) >= 11 is 1.63. The molecule has 0 atom stereocenters. The largest absolute Gasteiger partial charge is 0.367 e. The van der Waals surface area contributed by atoms with E-state index in [4.69, 9.17) is 0 Å². The van der Waals surface area contributed by atoms with Crippen molar-refractivity contribution in [2.45, 2.75) is 26.4 Å². The van der Waals surface area contributed by atoms with Gasteiger partial charge in [0.25, 0.3) is 0 Å². The highest BCUT2D eigenvalue weighted by Gasteiger charge is 2.19. The van der Waals surface area contributed by atoms with Crippen LogP contribution in [0.15, 0.2) is 17.6 Å². The summed E-state index contributed by atoms with van der Waals surface area (Å²) in [5, 5.41) is 1.95.